The molecule has 11 heteroatoms. The first kappa shape index (κ1) is 21.4. The number of halogens is 1. The van der Waals surface area contributed by atoms with E-state index in [1.165, 1.54) is 4.90 Å². The molecular weight excluding hydrogens is 443 g/mol. The number of alkyl halides is 1. The molecule has 178 valence electrons. The molecule has 0 radical (unpaired) electrons. The number of aliphatic hydroxyl groups excluding tert-OH is 1. The number of carbonyl (C=O) groups excluding carboxylic acids is 2. The third-order valence-electron chi connectivity index (χ3n) is 7.79. The summed E-state index contributed by atoms with van der Waals surface area (Å²) in [5.41, 5.74) is 2.59. The summed E-state index contributed by atoms with van der Waals surface area (Å²) in [5.74, 6) is -0.00611. The number of ether oxygens (including phenoxy) is 1. The molecule has 3 atom stereocenters. The van der Waals surface area contributed by atoms with Crippen molar-refractivity contribution in [2.24, 2.45) is 5.41 Å². The second kappa shape index (κ2) is 7.67. The van der Waals surface area contributed by atoms with Crippen LogP contribution in [-0.2, 0) is 20.9 Å². The number of β-amino-alcohol motifs (C(OH)–C–C–N with tert-alkyl or cyclic N) is 1. The fourth-order valence-electron chi connectivity index (χ4n) is 5.65. The lowest BCUT2D eigenvalue weighted by molar-refractivity contribution is -0.142. The number of nitrogens with zero attached hydrogens (tertiary/aromatic N) is 6. The molecule has 0 saturated carbocycles. The second-order valence-corrected chi connectivity index (χ2v) is 9.58. The summed E-state index contributed by atoms with van der Waals surface area (Å²) < 4.78 is 22.3. The smallest absolute Gasteiger partial charge is 0.336 e. The van der Waals surface area contributed by atoms with Crippen LogP contribution in [0.3, 0.4) is 0 Å². The normalized spacial score (nSPS) is 27.5. The van der Waals surface area contributed by atoms with E-state index < -0.39 is 23.7 Å². The minimum absolute atomic E-state index is 0.0644. The average molecular weight is 468 g/mol. The fraction of sp³-hybridized carbons (Fsp3) is 0.522. The van der Waals surface area contributed by atoms with Crippen molar-refractivity contribution in [3.8, 4) is 11.4 Å². The number of piperidine rings is 1. The maximum atomic E-state index is 15.5. The van der Waals surface area contributed by atoms with Crippen LogP contribution in [0.15, 0.2) is 29.5 Å². The van der Waals surface area contributed by atoms with E-state index in [9.17, 15) is 14.7 Å². The van der Waals surface area contributed by atoms with Gasteiger partial charge in [0.1, 0.15) is 12.8 Å². The minimum atomic E-state index is -1.35. The van der Waals surface area contributed by atoms with Gasteiger partial charge in [-0.05, 0) is 53.9 Å². The Kier molecular flexibility index (Phi) is 4.82. The maximum Gasteiger partial charge on any atom is 0.336 e. The zero-order chi connectivity index (χ0) is 23.6. The highest BCUT2D eigenvalue weighted by atomic mass is 19.1. The van der Waals surface area contributed by atoms with Crippen LogP contribution < -0.4 is 0 Å². The Balaban J connectivity index is 1.13. The van der Waals surface area contributed by atoms with Crippen molar-refractivity contribution >= 4 is 11.9 Å². The van der Waals surface area contributed by atoms with E-state index in [0.717, 1.165) is 16.7 Å². The van der Waals surface area contributed by atoms with E-state index in [-0.39, 0.29) is 25.6 Å². The number of hydrogen-bond acceptors (Lipinski definition) is 8. The quantitative estimate of drug-likeness (QED) is 0.560. The lowest BCUT2D eigenvalue weighted by Gasteiger charge is -2.41. The molecule has 2 saturated heterocycles. The number of esters is 1. The number of rotatable bonds is 4. The van der Waals surface area contributed by atoms with E-state index in [1.54, 1.807) is 11.6 Å². The third-order valence-corrected chi connectivity index (χ3v) is 7.79. The van der Waals surface area contributed by atoms with Crippen molar-refractivity contribution in [3.63, 3.8) is 0 Å². The van der Waals surface area contributed by atoms with Crippen molar-refractivity contribution in [3.05, 3.63) is 40.6 Å². The molecule has 2 fully saturated rings. The summed E-state index contributed by atoms with van der Waals surface area (Å²) >= 11 is 0. The van der Waals surface area contributed by atoms with Gasteiger partial charge in [-0.25, -0.2) is 13.9 Å². The Morgan fingerprint density at radius 2 is 2.12 bits per heavy atom. The Bertz CT molecular complexity index is 1230. The van der Waals surface area contributed by atoms with E-state index in [0.29, 0.717) is 49.6 Å². The Hall–Kier alpha value is -3.18. The second-order valence-electron chi connectivity index (χ2n) is 9.58. The van der Waals surface area contributed by atoms with Crippen molar-refractivity contribution in [2.75, 3.05) is 32.8 Å². The van der Waals surface area contributed by atoms with Crippen LogP contribution >= 0.6 is 0 Å². The molecule has 2 aromatic rings. The molecule has 1 aromatic carbocycles. The fourth-order valence-corrected chi connectivity index (χ4v) is 5.65. The summed E-state index contributed by atoms with van der Waals surface area (Å²) in [7, 11) is 0. The highest BCUT2D eigenvalue weighted by Crippen LogP contribution is 2.45. The predicted molar refractivity (Wildman–Crippen MR) is 116 cm³/mol. The van der Waals surface area contributed by atoms with Crippen molar-refractivity contribution < 1.29 is 23.8 Å². The van der Waals surface area contributed by atoms with Crippen LogP contribution in [-0.4, -0.2) is 85.9 Å². The predicted octanol–water partition coefficient (Wildman–Crippen LogP) is 0.828. The van der Waals surface area contributed by atoms with Crippen LogP contribution in [0.5, 0.6) is 0 Å². The summed E-state index contributed by atoms with van der Waals surface area (Å²) in [4.78, 5) is 28.4. The van der Waals surface area contributed by atoms with Crippen LogP contribution in [0.4, 0.5) is 4.39 Å². The van der Waals surface area contributed by atoms with Gasteiger partial charge < -0.3 is 14.7 Å². The number of carbonyl (C=O) groups is 2. The molecule has 6 rings (SSSR count). The Morgan fingerprint density at radius 1 is 1.29 bits per heavy atom. The number of benzene rings is 1. The zero-order valence-electron chi connectivity index (χ0n) is 18.8. The molecule has 1 unspecified atom stereocenters. The van der Waals surface area contributed by atoms with Crippen molar-refractivity contribution in [1.29, 1.82) is 0 Å². The summed E-state index contributed by atoms with van der Waals surface area (Å²) in [6.07, 6.45) is -1.37. The molecule has 4 aliphatic rings. The van der Waals surface area contributed by atoms with E-state index in [1.807, 2.05) is 23.1 Å². The molecule has 4 aliphatic heterocycles. The summed E-state index contributed by atoms with van der Waals surface area (Å²) in [5, 5.41) is 22.6. The van der Waals surface area contributed by atoms with Gasteiger partial charge in [0.05, 0.1) is 29.3 Å². The maximum absolute atomic E-state index is 15.5. The van der Waals surface area contributed by atoms with Gasteiger partial charge in [-0.2, -0.15) is 0 Å². The zero-order valence-corrected chi connectivity index (χ0v) is 18.8. The molecule has 34 heavy (non-hydrogen) atoms. The van der Waals surface area contributed by atoms with Crippen LogP contribution in [0.1, 0.15) is 37.0 Å². The van der Waals surface area contributed by atoms with Gasteiger partial charge in [-0.15, -0.1) is 5.10 Å². The van der Waals surface area contributed by atoms with Gasteiger partial charge in [-0.3, -0.25) is 9.69 Å². The van der Waals surface area contributed by atoms with Crippen molar-refractivity contribution in [2.45, 2.75) is 38.6 Å². The van der Waals surface area contributed by atoms with Gasteiger partial charge in [0, 0.05) is 25.2 Å². The van der Waals surface area contributed by atoms with E-state index in [4.69, 9.17) is 4.74 Å². The SMILES string of the molecule is CC1=C(N2CCC3(CCN(C[C@H](O)c4ccc5c(c4)-c4nnnn4C5)C[C@H]3F)C2=O)COC1=O. The largest absolute Gasteiger partial charge is 0.456 e. The van der Waals surface area contributed by atoms with E-state index in [2.05, 4.69) is 15.5 Å². The number of likely N-dealkylation sites (tertiary alicyclic amines) is 2. The molecule has 0 bridgehead atoms. The first-order valence-corrected chi connectivity index (χ1v) is 11.5. The van der Waals surface area contributed by atoms with E-state index >= 15 is 4.39 Å². The highest BCUT2D eigenvalue weighted by molar-refractivity contribution is 5.94. The molecular formula is C23H25FN6O4. The van der Waals surface area contributed by atoms with Crippen LogP contribution in [0.2, 0.25) is 0 Å². The molecule has 1 spiro atoms. The van der Waals surface area contributed by atoms with Crippen LogP contribution in [0, 0.1) is 5.41 Å². The lowest BCUT2D eigenvalue weighted by atomic mass is 9.75. The lowest BCUT2D eigenvalue weighted by Crippen LogP contribution is -2.53. The van der Waals surface area contributed by atoms with Crippen LogP contribution in [0.25, 0.3) is 11.4 Å². The first-order chi connectivity index (χ1) is 16.4. The number of cyclic esters (lactones) is 1. The van der Waals surface area contributed by atoms with Gasteiger partial charge in [0.25, 0.3) is 0 Å². The topological polar surface area (TPSA) is 114 Å². The number of hydrogen-bond donors (Lipinski definition) is 1. The number of fused-ring (bicyclic) bond motifs is 3. The van der Waals surface area contributed by atoms with Gasteiger partial charge in [0.15, 0.2) is 5.82 Å². The third kappa shape index (κ3) is 3.10. The number of aromatic nitrogens is 4. The Labute approximate surface area is 195 Å². The minimum Gasteiger partial charge on any atom is -0.456 e. The molecule has 10 nitrogen and oxygen atoms in total. The number of amides is 1. The standard InChI is InChI=1S/C23H25FN6O4/c1-13-17(12-34-21(13)32)29-7-5-23(22(29)33)4-6-28(11-19(23)24)10-18(31)14-2-3-15-9-30-20(16(15)8-14)25-26-27-30/h2-3,8,18-19,31H,4-7,9-12H2,1H3/t18-,19+,23?/m0/s1. The molecule has 1 N–H and O–H groups in total. The summed E-state index contributed by atoms with van der Waals surface area (Å²) in [6, 6.07) is 5.72. The molecule has 1 aromatic heterocycles. The van der Waals surface area contributed by atoms with Crippen molar-refractivity contribution in [1.82, 2.24) is 30.0 Å². The first-order valence-electron chi connectivity index (χ1n) is 11.5. The number of aliphatic hydroxyl groups is 1. The average Bonchev–Trinajstić information content (AvgIpc) is 3.56. The molecule has 0 aliphatic carbocycles. The molecule has 5 heterocycles. The van der Waals surface area contributed by atoms with Gasteiger partial charge in [0.2, 0.25) is 5.91 Å². The highest BCUT2D eigenvalue weighted by Gasteiger charge is 2.56. The van der Waals surface area contributed by atoms with Gasteiger partial charge in [-0.1, -0.05) is 12.1 Å². The monoisotopic (exact) mass is 468 g/mol. The summed E-state index contributed by atoms with van der Waals surface area (Å²) in [6.45, 7) is 3.55. The van der Waals surface area contributed by atoms with Gasteiger partial charge >= 0.3 is 5.97 Å². The number of tetrazole rings is 1. The Morgan fingerprint density at radius 3 is 2.88 bits per heavy atom. The molecule has 1 amide bonds.